The molecule has 1 fully saturated rings. The minimum Gasteiger partial charge on any atom is -0.339 e. The molecule has 1 saturated heterocycles. The predicted octanol–water partition coefficient (Wildman–Crippen LogP) is 3.53. The third-order valence-corrected chi connectivity index (χ3v) is 4.70. The van der Waals surface area contributed by atoms with E-state index < -0.39 is 0 Å². The van der Waals surface area contributed by atoms with Crippen LogP contribution in [0.25, 0.3) is 0 Å². The Balaban J connectivity index is 1.56. The number of hydrogen-bond donors (Lipinski definition) is 0. The molecule has 1 aromatic heterocycles. The summed E-state index contributed by atoms with van der Waals surface area (Å²) in [6.07, 6.45) is 4.03. The SMILES string of the molecule is CC(C)(C)c1noc(CCC(=O)N2CCC[C@H]2Cc2ccccc2)n1. The van der Waals surface area contributed by atoms with Crippen molar-refractivity contribution in [3.63, 3.8) is 0 Å². The van der Waals surface area contributed by atoms with Gasteiger partial charge in [0.25, 0.3) is 0 Å². The quantitative estimate of drug-likeness (QED) is 0.835. The summed E-state index contributed by atoms with van der Waals surface area (Å²) >= 11 is 0. The van der Waals surface area contributed by atoms with E-state index in [1.54, 1.807) is 0 Å². The van der Waals surface area contributed by atoms with Gasteiger partial charge in [0.2, 0.25) is 11.8 Å². The third kappa shape index (κ3) is 4.47. The Morgan fingerprint density at radius 3 is 2.72 bits per heavy atom. The topological polar surface area (TPSA) is 59.2 Å². The molecule has 1 aliphatic heterocycles. The molecule has 2 heterocycles. The lowest BCUT2D eigenvalue weighted by atomic mass is 9.96. The summed E-state index contributed by atoms with van der Waals surface area (Å²) in [5, 5.41) is 4.02. The van der Waals surface area contributed by atoms with Crippen LogP contribution in [-0.4, -0.2) is 33.5 Å². The fourth-order valence-corrected chi connectivity index (χ4v) is 3.28. The fourth-order valence-electron chi connectivity index (χ4n) is 3.28. The molecule has 5 heteroatoms. The van der Waals surface area contributed by atoms with Crippen LogP contribution in [0, 0.1) is 0 Å². The van der Waals surface area contributed by atoms with E-state index in [1.807, 2.05) is 31.7 Å². The smallest absolute Gasteiger partial charge is 0.227 e. The Morgan fingerprint density at radius 2 is 2.04 bits per heavy atom. The zero-order valence-electron chi connectivity index (χ0n) is 15.4. The second kappa shape index (κ2) is 7.38. The lowest BCUT2D eigenvalue weighted by Crippen LogP contribution is -2.36. The van der Waals surface area contributed by atoms with Crippen molar-refractivity contribution in [1.82, 2.24) is 15.0 Å². The molecule has 0 aliphatic carbocycles. The lowest BCUT2D eigenvalue weighted by molar-refractivity contribution is -0.132. The summed E-state index contributed by atoms with van der Waals surface area (Å²) in [5.74, 6) is 1.43. The van der Waals surface area contributed by atoms with Gasteiger partial charge in [0.05, 0.1) is 0 Å². The maximum Gasteiger partial charge on any atom is 0.227 e. The van der Waals surface area contributed by atoms with Crippen molar-refractivity contribution in [2.45, 2.75) is 64.3 Å². The van der Waals surface area contributed by atoms with E-state index in [0.29, 0.717) is 30.6 Å². The molecular weight excluding hydrogens is 314 g/mol. The Labute approximate surface area is 149 Å². The third-order valence-electron chi connectivity index (χ3n) is 4.70. The highest BCUT2D eigenvalue weighted by Gasteiger charge is 2.29. The molecule has 134 valence electrons. The molecule has 0 unspecified atom stereocenters. The van der Waals surface area contributed by atoms with Gasteiger partial charge in [-0.1, -0.05) is 56.3 Å². The number of benzene rings is 1. The summed E-state index contributed by atoms with van der Waals surface area (Å²) in [4.78, 5) is 19.1. The largest absolute Gasteiger partial charge is 0.339 e. The number of carbonyl (C=O) groups excluding carboxylic acids is 1. The van der Waals surface area contributed by atoms with Gasteiger partial charge in [0.15, 0.2) is 5.82 Å². The van der Waals surface area contributed by atoms with Crippen molar-refractivity contribution in [3.8, 4) is 0 Å². The minimum absolute atomic E-state index is 0.137. The van der Waals surface area contributed by atoms with Gasteiger partial charge in [0.1, 0.15) is 0 Å². The Kier molecular flexibility index (Phi) is 5.21. The monoisotopic (exact) mass is 341 g/mol. The van der Waals surface area contributed by atoms with E-state index in [1.165, 1.54) is 5.56 Å². The van der Waals surface area contributed by atoms with E-state index >= 15 is 0 Å². The second-order valence-electron chi connectivity index (χ2n) is 7.83. The maximum absolute atomic E-state index is 12.7. The highest BCUT2D eigenvalue weighted by atomic mass is 16.5. The molecule has 1 amide bonds. The standard InChI is InChI=1S/C20H27N3O2/c1-20(2,3)19-21-17(25-22-19)11-12-18(24)23-13-7-10-16(23)14-15-8-5-4-6-9-15/h4-6,8-9,16H,7,10-14H2,1-3H3/t16-/m0/s1. The lowest BCUT2D eigenvalue weighted by Gasteiger charge is -2.24. The molecule has 5 nitrogen and oxygen atoms in total. The Morgan fingerprint density at radius 1 is 1.28 bits per heavy atom. The normalized spacial score (nSPS) is 17.9. The summed E-state index contributed by atoms with van der Waals surface area (Å²) in [6.45, 7) is 7.00. The maximum atomic E-state index is 12.7. The van der Waals surface area contributed by atoms with Crippen LogP contribution in [0.1, 0.15) is 57.3 Å². The number of rotatable bonds is 5. The highest BCUT2D eigenvalue weighted by Crippen LogP contribution is 2.23. The van der Waals surface area contributed by atoms with Gasteiger partial charge < -0.3 is 9.42 Å². The van der Waals surface area contributed by atoms with Crippen LogP contribution in [-0.2, 0) is 23.1 Å². The first-order valence-electron chi connectivity index (χ1n) is 9.10. The number of aryl methyl sites for hydroxylation is 1. The van der Waals surface area contributed by atoms with Crippen LogP contribution in [0.3, 0.4) is 0 Å². The highest BCUT2D eigenvalue weighted by molar-refractivity contribution is 5.77. The van der Waals surface area contributed by atoms with Crippen LogP contribution in [0.15, 0.2) is 34.9 Å². The zero-order valence-corrected chi connectivity index (χ0v) is 15.4. The molecule has 1 aliphatic rings. The number of amides is 1. The molecule has 0 bridgehead atoms. The zero-order chi connectivity index (χ0) is 17.9. The fraction of sp³-hybridized carbons (Fsp3) is 0.550. The predicted molar refractivity (Wildman–Crippen MR) is 96.2 cm³/mol. The van der Waals surface area contributed by atoms with Gasteiger partial charge in [-0.15, -0.1) is 0 Å². The summed E-state index contributed by atoms with van der Waals surface area (Å²) in [5.41, 5.74) is 1.15. The number of nitrogens with zero attached hydrogens (tertiary/aromatic N) is 3. The summed E-state index contributed by atoms with van der Waals surface area (Å²) < 4.78 is 5.29. The minimum atomic E-state index is -0.137. The van der Waals surface area contributed by atoms with Crippen molar-refractivity contribution < 1.29 is 9.32 Å². The molecule has 0 spiro atoms. The van der Waals surface area contributed by atoms with Gasteiger partial charge in [0, 0.05) is 30.8 Å². The average Bonchev–Trinajstić information content (AvgIpc) is 3.22. The van der Waals surface area contributed by atoms with Crippen LogP contribution in [0.2, 0.25) is 0 Å². The van der Waals surface area contributed by atoms with E-state index in [4.69, 9.17) is 4.52 Å². The van der Waals surface area contributed by atoms with Gasteiger partial charge in [-0.2, -0.15) is 4.98 Å². The van der Waals surface area contributed by atoms with E-state index in [2.05, 4.69) is 34.4 Å². The average molecular weight is 341 g/mol. The van der Waals surface area contributed by atoms with Crippen molar-refractivity contribution in [1.29, 1.82) is 0 Å². The second-order valence-corrected chi connectivity index (χ2v) is 7.83. The van der Waals surface area contributed by atoms with Gasteiger partial charge >= 0.3 is 0 Å². The number of hydrogen-bond acceptors (Lipinski definition) is 4. The number of carbonyl (C=O) groups is 1. The molecule has 1 aromatic carbocycles. The van der Waals surface area contributed by atoms with E-state index in [-0.39, 0.29) is 11.3 Å². The van der Waals surface area contributed by atoms with Crippen molar-refractivity contribution in [2.24, 2.45) is 0 Å². The van der Waals surface area contributed by atoms with E-state index in [9.17, 15) is 4.79 Å². The van der Waals surface area contributed by atoms with Crippen LogP contribution < -0.4 is 0 Å². The van der Waals surface area contributed by atoms with Gasteiger partial charge in [-0.3, -0.25) is 4.79 Å². The van der Waals surface area contributed by atoms with Crippen molar-refractivity contribution >= 4 is 5.91 Å². The van der Waals surface area contributed by atoms with E-state index in [0.717, 1.165) is 25.8 Å². The molecule has 1 atom stereocenters. The van der Waals surface area contributed by atoms with Crippen molar-refractivity contribution in [2.75, 3.05) is 6.54 Å². The Bertz CT molecular complexity index is 703. The molecule has 0 N–H and O–H groups in total. The molecule has 2 aromatic rings. The Hall–Kier alpha value is -2.17. The molecule has 3 rings (SSSR count). The summed E-state index contributed by atoms with van der Waals surface area (Å²) in [7, 11) is 0. The molecule has 25 heavy (non-hydrogen) atoms. The first-order chi connectivity index (χ1) is 11.9. The van der Waals surface area contributed by atoms with Gasteiger partial charge in [-0.05, 0) is 24.8 Å². The van der Waals surface area contributed by atoms with Crippen LogP contribution >= 0.6 is 0 Å². The van der Waals surface area contributed by atoms with Crippen LogP contribution in [0.4, 0.5) is 0 Å². The number of likely N-dealkylation sites (tertiary alicyclic amines) is 1. The van der Waals surface area contributed by atoms with Gasteiger partial charge in [-0.25, -0.2) is 0 Å². The first kappa shape index (κ1) is 17.6. The van der Waals surface area contributed by atoms with Crippen LogP contribution in [0.5, 0.6) is 0 Å². The number of aromatic nitrogens is 2. The first-order valence-corrected chi connectivity index (χ1v) is 9.10. The van der Waals surface area contributed by atoms with Crippen molar-refractivity contribution in [3.05, 3.63) is 47.6 Å². The molecular formula is C20H27N3O2. The molecule has 0 radical (unpaired) electrons. The summed E-state index contributed by atoms with van der Waals surface area (Å²) in [6, 6.07) is 10.7. The molecule has 0 saturated carbocycles.